The van der Waals surface area contributed by atoms with Crippen molar-refractivity contribution in [2.45, 2.75) is 19.0 Å². The lowest BCUT2D eigenvalue weighted by atomic mass is 10.1. The molecule has 0 radical (unpaired) electrons. The summed E-state index contributed by atoms with van der Waals surface area (Å²) >= 11 is 1.25. The van der Waals surface area contributed by atoms with Crippen LogP contribution in [0.2, 0.25) is 0 Å². The number of tetrazole rings is 1. The summed E-state index contributed by atoms with van der Waals surface area (Å²) in [5, 5.41) is 15.1. The van der Waals surface area contributed by atoms with Gasteiger partial charge in [-0.2, -0.15) is 4.68 Å². The van der Waals surface area contributed by atoms with Crippen molar-refractivity contribution < 1.29 is 14.3 Å². The third kappa shape index (κ3) is 4.42. The third-order valence-corrected chi connectivity index (χ3v) is 5.09. The number of hydrogen-bond acceptors (Lipinski definition) is 7. The number of carbonyl (C=O) groups excluding carboxylic acids is 1. The van der Waals surface area contributed by atoms with E-state index in [0.717, 1.165) is 11.3 Å². The first-order chi connectivity index (χ1) is 13.5. The van der Waals surface area contributed by atoms with Gasteiger partial charge in [0.1, 0.15) is 0 Å². The fourth-order valence-electron chi connectivity index (χ4n) is 2.53. The highest BCUT2D eigenvalue weighted by Gasteiger charge is 2.14. The van der Waals surface area contributed by atoms with E-state index in [4.69, 9.17) is 9.47 Å². The van der Waals surface area contributed by atoms with E-state index in [1.807, 2.05) is 38.1 Å². The van der Waals surface area contributed by atoms with Crippen LogP contribution in [-0.2, 0) is 4.79 Å². The van der Waals surface area contributed by atoms with Gasteiger partial charge in [0, 0.05) is 11.8 Å². The Hall–Kier alpha value is -3.07. The number of amides is 1. The molecule has 0 aliphatic rings. The zero-order chi connectivity index (χ0) is 20.1. The summed E-state index contributed by atoms with van der Waals surface area (Å²) in [6, 6.07) is 11.2. The maximum atomic E-state index is 12.3. The monoisotopic (exact) mass is 399 g/mol. The highest BCUT2D eigenvalue weighted by molar-refractivity contribution is 7.99. The standard InChI is InChI=1S/C19H21N5O3S/c1-12-5-6-14(9-13(12)2)20-18(25)11-28-19-21-22-23-24(19)15-7-8-16(26-3)17(10-15)27-4/h5-10H,11H2,1-4H3,(H,20,25). The predicted octanol–water partition coefficient (Wildman–Crippen LogP) is 3.03. The zero-order valence-corrected chi connectivity index (χ0v) is 16.9. The molecule has 9 heteroatoms. The van der Waals surface area contributed by atoms with Crippen LogP contribution in [-0.4, -0.2) is 46.1 Å². The van der Waals surface area contributed by atoms with Crippen LogP contribution >= 0.6 is 11.8 Å². The van der Waals surface area contributed by atoms with Gasteiger partial charge in [-0.15, -0.1) is 5.10 Å². The van der Waals surface area contributed by atoms with E-state index >= 15 is 0 Å². The van der Waals surface area contributed by atoms with Crippen molar-refractivity contribution in [2.75, 3.05) is 25.3 Å². The smallest absolute Gasteiger partial charge is 0.234 e. The van der Waals surface area contributed by atoms with Gasteiger partial charge in [0.25, 0.3) is 0 Å². The Morgan fingerprint density at radius 2 is 1.86 bits per heavy atom. The van der Waals surface area contributed by atoms with E-state index in [0.29, 0.717) is 22.3 Å². The molecule has 0 fully saturated rings. The molecule has 0 aliphatic heterocycles. The summed E-state index contributed by atoms with van der Waals surface area (Å²) < 4.78 is 12.1. The number of aryl methyl sites for hydroxylation is 2. The van der Waals surface area contributed by atoms with Crippen LogP contribution in [0, 0.1) is 13.8 Å². The molecular formula is C19H21N5O3S. The van der Waals surface area contributed by atoms with Crippen LogP contribution in [0.25, 0.3) is 5.69 Å². The van der Waals surface area contributed by atoms with Gasteiger partial charge in [0.15, 0.2) is 11.5 Å². The van der Waals surface area contributed by atoms with Crippen LogP contribution in [0.15, 0.2) is 41.6 Å². The SMILES string of the molecule is COc1ccc(-n2nnnc2SCC(=O)Nc2ccc(C)c(C)c2)cc1OC. The number of carbonyl (C=O) groups is 1. The molecule has 28 heavy (non-hydrogen) atoms. The van der Waals surface area contributed by atoms with Gasteiger partial charge in [0.2, 0.25) is 11.1 Å². The van der Waals surface area contributed by atoms with Crippen LogP contribution < -0.4 is 14.8 Å². The Kier molecular flexibility index (Phi) is 6.15. The van der Waals surface area contributed by atoms with Crippen molar-refractivity contribution in [3.63, 3.8) is 0 Å². The minimum atomic E-state index is -0.130. The van der Waals surface area contributed by atoms with Gasteiger partial charge in [0.05, 0.1) is 25.7 Å². The van der Waals surface area contributed by atoms with Gasteiger partial charge < -0.3 is 14.8 Å². The van der Waals surface area contributed by atoms with Crippen molar-refractivity contribution in [1.29, 1.82) is 0 Å². The molecule has 0 spiro atoms. The van der Waals surface area contributed by atoms with Gasteiger partial charge >= 0.3 is 0 Å². The predicted molar refractivity (Wildman–Crippen MR) is 108 cm³/mol. The molecule has 0 saturated carbocycles. The fraction of sp³-hybridized carbons (Fsp3) is 0.263. The Morgan fingerprint density at radius 1 is 1.07 bits per heavy atom. The van der Waals surface area contributed by atoms with Gasteiger partial charge in [-0.05, 0) is 59.7 Å². The molecule has 1 N–H and O–H groups in total. The second-order valence-electron chi connectivity index (χ2n) is 6.05. The number of hydrogen-bond donors (Lipinski definition) is 1. The Labute approximate surface area is 167 Å². The number of aromatic nitrogens is 4. The number of anilines is 1. The van der Waals surface area contributed by atoms with Crippen molar-refractivity contribution in [3.05, 3.63) is 47.5 Å². The largest absolute Gasteiger partial charge is 0.493 e. The lowest BCUT2D eigenvalue weighted by Crippen LogP contribution is -2.14. The van der Waals surface area contributed by atoms with Crippen LogP contribution in [0.4, 0.5) is 5.69 Å². The molecule has 1 amide bonds. The van der Waals surface area contributed by atoms with Gasteiger partial charge in [-0.25, -0.2) is 0 Å². The summed E-state index contributed by atoms with van der Waals surface area (Å²) in [4.78, 5) is 12.3. The molecule has 0 bridgehead atoms. The molecular weight excluding hydrogens is 378 g/mol. The lowest BCUT2D eigenvalue weighted by Gasteiger charge is -2.10. The molecule has 3 aromatic rings. The van der Waals surface area contributed by atoms with Crippen LogP contribution in [0.3, 0.4) is 0 Å². The summed E-state index contributed by atoms with van der Waals surface area (Å²) in [6.07, 6.45) is 0. The number of nitrogens with zero attached hydrogens (tertiary/aromatic N) is 4. The van der Waals surface area contributed by atoms with Crippen LogP contribution in [0.1, 0.15) is 11.1 Å². The minimum Gasteiger partial charge on any atom is -0.493 e. The normalized spacial score (nSPS) is 10.6. The third-order valence-electron chi connectivity index (χ3n) is 4.18. The Bertz CT molecular complexity index is 989. The molecule has 0 aliphatic carbocycles. The first-order valence-electron chi connectivity index (χ1n) is 8.52. The first kappa shape index (κ1) is 19.7. The molecule has 0 saturated heterocycles. The average molecular weight is 399 g/mol. The van der Waals surface area contributed by atoms with Crippen molar-refractivity contribution in [1.82, 2.24) is 20.2 Å². The quantitative estimate of drug-likeness (QED) is 0.611. The lowest BCUT2D eigenvalue weighted by molar-refractivity contribution is -0.113. The summed E-state index contributed by atoms with van der Waals surface area (Å²) in [5.74, 6) is 1.23. The molecule has 1 aromatic heterocycles. The molecule has 0 unspecified atom stereocenters. The van der Waals surface area contributed by atoms with E-state index in [2.05, 4.69) is 20.8 Å². The molecule has 3 rings (SSSR count). The molecule has 2 aromatic carbocycles. The minimum absolute atomic E-state index is 0.130. The number of ether oxygens (including phenoxy) is 2. The van der Waals surface area contributed by atoms with Gasteiger partial charge in [-0.3, -0.25) is 4.79 Å². The first-order valence-corrected chi connectivity index (χ1v) is 9.51. The second kappa shape index (κ2) is 8.75. The topological polar surface area (TPSA) is 91.2 Å². The van der Waals surface area contributed by atoms with Crippen LogP contribution in [0.5, 0.6) is 11.5 Å². The average Bonchev–Trinajstić information content (AvgIpc) is 3.17. The molecule has 8 nitrogen and oxygen atoms in total. The number of benzene rings is 2. The summed E-state index contributed by atoms with van der Waals surface area (Å²) in [5.41, 5.74) is 3.79. The number of nitrogens with one attached hydrogen (secondary N) is 1. The Morgan fingerprint density at radius 3 is 2.57 bits per heavy atom. The molecule has 0 atom stereocenters. The maximum absolute atomic E-state index is 12.3. The van der Waals surface area contributed by atoms with E-state index in [-0.39, 0.29) is 11.7 Å². The maximum Gasteiger partial charge on any atom is 0.234 e. The van der Waals surface area contributed by atoms with E-state index < -0.39 is 0 Å². The van der Waals surface area contributed by atoms with E-state index in [1.165, 1.54) is 17.3 Å². The number of rotatable bonds is 7. The second-order valence-corrected chi connectivity index (χ2v) is 6.99. The van der Waals surface area contributed by atoms with Crippen molar-refractivity contribution >= 4 is 23.4 Å². The van der Waals surface area contributed by atoms with Crippen molar-refractivity contribution in [2.24, 2.45) is 0 Å². The van der Waals surface area contributed by atoms with Crippen molar-refractivity contribution in [3.8, 4) is 17.2 Å². The van der Waals surface area contributed by atoms with Gasteiger partial charge in [-0.1, -0.05) is 17.8 Å². The summed E-state index contributed by atoms with van der Waals surface area (Å²) in [7, 11) is 3.14. The summed E-state index contributed by atoms with van der Waals surface area (Å²) in [6.45, 7) is 4.04. The Balaban J connectivity index is 1.69. The van der Waals surface area contributed by atoms with E-state index in [1.54, 1.807) is 31.0 Å². The van der Waals surface area contributed by atoms with E-state index in [9.17, 15) is 4.79 Å². The zero-order valence-electron chi connectivity index (χ0n) is 16.1. The molecule has 1 heterocycles. The number of methoxy groups -OCH3 is 2. The number of thioether (sulfide) groups is 1. The fourth-order valence-corrected chi connectivity index (χ4v) is 3.22. The molecule has 146 valence electrons. The highest BCUT2D eigenvalue weighted by atomic mass is 32.2. The highest BCUT2D eigenvalue weighted by Crippen LogP contribution is 2.30.